The van der Waals surface area contributed by atoms with Crippen LogP contribution in [0.25, 0.3) is 0 Å². The lowest BCUT2D eigenvalue weighted by Gasteiger charge is -2.07. The predicted molar refractivity (Wildman–Crippen MR) is 61.5 cm³/mol. The number of nitrogens with zero attached hydrogens (tertiary/aromatic N) is 1. The van der Waals surface area contributed by atoms with E-state index in [0.717, 1.165) is 0 Å². The number of ether oxygens (including phenoxy) is 2. The first kappa shape index (κ1) is 13.0. The number of para-hydroxylation sites is 1. The minimum atomic E-state index is -0.241. The molecular weight excluding hydrogens is 220 g/mol. The van der Waals surface area contributed by atoms with Crippen LogP contribution in [-0.4, -0.2) is 32.8 Å². The number of nitrogens with one attached hydrogen (secondary N) is 1. The lowest BCUT2D eigenvalue weighted by Crippen LogP contribution is -2.31. The molecule has 5 heteroatoms. The molecule has 0 spiro atoms. The first-order chi connectivity index (χ1) is 8.27. The van der Waals surface area contributed by atoms with Gasteiger partial charge in [0.2, 0.25) is 0 Å². The summed E-state index contributed by atoms with van der Waals surface area (Å²) in [6.07, 6.45) is 0. The van der Waals surface area contributed by atoms with Crippen molar-refractivity contribution in [3.8, 4) is 11.8 Å². The molecule has 0 aliphatic carbocycles. The number of carbonyl (C=O) groups excluding carboxylic acids is 1. The van der Waals surface area contributed by atoms with E-state index in [1.54, 1.807) is 31.4 Å². The molecular formula is C12H14N2O3. The van der Waals surface area contributed by atoms with Crippen LogP contribution in [-0.2, 0) is 9.53 Å². The van der Waals surface area contributed by atoms with Gasteiger partial charge < -0.3 is 14.8 Å². The molecule has 0 fully saturated rings. The van der Waals surface area contributed by atoms with Crippen LogP contribution in [0.5, 0.6) is 5.75 Å². The van der Waals surface area contributed by atoms with Crippen molar-refractivity contribution < 1.29 is 14.3 Å². The molecule has 5 nitrogen and oxygen atoms in total. The Labute approximate surface area is 100.0 Å². The number of hydrogen-bond acceptors (Lipinski definition) is 4. The Hall–Kier alpha value is -2.06. The summed E-state index contributed by atoms with van der Waals surface area (Å²) in [6, 6.07) is 8.77. The fourth-order valence-electron chi connectivity index (χ4n) is 1.17. The smallest absolute Gasteiger partial charge is 0.258 e. The van der Waals surface area contributed by atoms with Gasteiger partial charge in [-0.25, -0.2) is 0 Å². The standard InChI is InChI=1S/C12H14N2O3/c1-16-7-6-14-12(15)9-17-11-5-3-2-4-10(11)8-13/h2-5H,6-7,9H2,1H3,(H,14,15). The van der Waals surface area contributed by atoms with Gasteiger partial charge in [-0.15, -0.1) is 0 Å². The summed E-state index contributed by atoms with van der Waals surface area (Å²) in [7, 11) is 1.56. The van der Waals surface area contributed by atoms with Crippen molar-refractivity contribution in [2.24, 2.45) is 0 Å². The van der Waals surface area contributed by atoms with E-state index in [1.165, 1.54) is 0 Å². The Balaban J connectivity index is 2.40. The average molecular weight is 234 g/mol. The largest absolute Gasteiger partial charge is 0.482 e. The fraction of sp³-hybridized carbons (Fsp3) is 0.333. The Morgan fingerprint density at radius 3 is 2.94 bits per heavy atom. The van der Waals surface area contributed by atoms with Gasteiger partial charge in [0.05, 0.1) is 12.2 Å². The molecule has 1 aromatic rings. The van der Waals surface area contributed by atoms with Crippen LogP contribution in [0.1, 0.15) is 5.56 Å². The number of methoxy groups -OCH3 is 1. The molecule has 90 valence electrons. The van der Waals surface area contributed by atoms with E-state index in [1.807, 2.05) is 6.07 Å². The molecule has 0 aliphatic heterocycles. The summed E-state index contributed by atoms with van der Waals surface area (Å²) in [5.74, 6) is 0.173. The molecule has 0 saturated heterocycles. The topological polar surface area (TPSA) is 71.3 Å². The highest BCUT2D eigenvalue weighted by Crippen LogP contribution is 2.15. The number of hydrogen-bond donors (Lipinski definition) is 1. The molecule has 17 heavy (non-hydrogen) atoms. The summed E-state index contributed by atoms with van der Waals surface area (Å²) in [5.41, 5.74) is 0.414. The average Bonchev–Trinajstić information content (AvgIpc) is 2.37. The summed E-state index contributed by atoms with van der Waals surface area (Å²) in [5, 5.41) is 11.4. The normalized spacial score (nSPS) is 9.41. The second-order valence-electron chi connectivity index (χ2n) is 3.24. The Morgan fingerprint density at radius 2 is 2.24 bits per heavy atom. The highest BCUT2D eigenvalue weighted by Gasteiger charge is 2.05. The van der Waals surface area contributed by atoms with Gasteiger partial charge >= 0.3 is 0 Å². The van der Waals surface area contributed by atoms with E-state index in [2.05, 4.69) is 5.32 Å². The van der Waals surface area contributed by atoms with Gasteiger partial charge in [-0.05, 0) is 12.1 Å². The number of rotatable bonds is 6. The number of nitriles is 1. The van der Waals surface area contributed by atoms with Gasteiger partial charge in [-0.3, -0.25) is 4.79 Å². The predicted octanol–water partition coefficient (Wildman–Crippen LogP) is 0.700. The maximum absolute atomic E-state index is 11.3. The maximum Gasteiger partial charge on any atom is 0.258 e. The van der Waals surface area contributed by atoms with Crippen molar-refractivity contribution >= 4 is 5.91 Å². The third-order valence-corrected chi connectivity index (χ3v) is 1.99. The minimum Gasteiger partial charge on any atom is -0.482 e. The molecule has 0 radical (unpaired) electrons. The van der Waals surface area contributed by atoms with Crippen LogP contribution >= 0.6 is 0 Å². The molecule has 0 heterocycles. The van der Waals surface area contributed by atoms with Gasteiger partial charge in [0, 0.05) is 13.7 Å². The van der Waals surface area contributed by atoms with Crippen LogP contribution in [0.15, 0.2) is 24.3 Å². The van der Waals surface area contributed by atoms with Crippen molar-refractivity contribution in [3.63, 3.8) is 0 Å². The molecule has 1 aromatic carbocycles. The summed E-state index contributed by atoms with van der Waals surface area (Å²) in [6.45, 7) is 0.793. The van der Waals surface area contributed by atoms with Crippen LogP contribution in [0, 0.1) is 11.3 Å². The van der Waals surface area contributed by atoms with Gasteiger partial charge in [0.1, 0.15) is 11.8 Å². The number of carbonyl (C=O) groups is 1. The van der Waals surface area contributed by atoms with Gasteiger partial charge in [0.15, 0.2) is 6.61 Å². The SMILES string of the molecule is COCCNC(=O)COc1ccccc1C#N. The van der Waals surface area contributed by atoms with Crippen LogP contribution in [0.2, 0.25) is 0 Å². The molecule has 0 unspecified atom stereocenters. The van der Waals surface area contributed by atoms with E-state index in [0.29, 0.717) is 24.5 Å². The number of amides is 1. The summed E-state index contributed by atoms with van der Waals surface area (Å²) >= 11 is 0. The second kappa shape index (κ2) is 7.25. The molecule has 1 rings (SSSR count). The lowest BCUT2D eigenvalue weighted by molar-refractivity contribution is -0.123. The van der Waals surface area contributed by atoms with Gasteiger partial charge in [-0.1, -0.05) is 12.1 Å². The first-order valence-electron chi connectivity index (χ1n) is 5.15. The van der Waals surface area contributed by atoms with E-state index in [4.69, 9.17) is 14.7 Å². The fourth-order valence-corrected chi connectivity index (χ4v) is 1.17. The Bertz CT molecular complexity index is 412. The molecule has 0 bridgehead atoms. The molecule has 0 aromatic heterocycles. The van der Waals surface area contributed by atoms with E-state index in [-0.39, 0.29) is 12.5 Å². The van der Waals surface area contributed by atoms with Crippen molar-refractivity contribution in [3.05, 3.63) is 29.8 Å². The zero-order chi connectivity index (χ0) is 12.5. The van der Waals surface area contributed by atoms with E-state index >= 15 is 0 Å². The zero-order valence-electron chi connectivity index (χ0n) is 9.60. The number of benzene rings is 1. The van der Waals surface area contributed by atoms with E-state index in [9.17, 15) is 4.79 Å². The molecule has 0 saturated carbocycles. The molecule has 1 N–H and O–H groups in total. The van der Waals surface area contributed by atoms with Crippen molar-refractivity contribution in [2.45, 2.75) is 0 Å². The minimum absolute atomic E-state index is 0.109. The van der Waals surface area contributed by atoms with Gasteiger partial charge in [0.25, 0.3) is 5.91 Å². The molecule has 0 aliphatic rings. The van der Waals surface area contributed by atoms with Crippen molar-refractivity contribution in [1.82, 2.24) is 5.32 Å². The Morgan fingerprint density at radius 1 is 1.47 bits per heavy atom. The zero-order valence-corrected chi connectivity index (χ0v) is 9.60. The van der Waals surface area contributed by atoms with Crippen LogP contribution < -0.4 is 10.1 Å². The van der Waals surface area contributed by atoms with Gasteiger partial charge in [-0.2, -0.15) is 5.26 Å². The summed E-state index contributed by atoms with van der Waals surface area (Å²) < 4.78 is 10.0. The monoisotopic (exact) mass is 234 g/mol. The quantitative estimate of drug-likeness (QED) is 0.735. The maximum atomic E-state index is 11.3. The highest BCUT2D eigenvalue weighted by molar-refractivity contribution is 5.77. The summed E-state index contributed by atoms with van der Waals surface area (Å²) in [4.78, 5) is 11.3. The molecule has 0 atom stereocenters. The molecule has 1 amide bonds. The van der Waals surface area contributed by atoms with E-state index < -0.39 is 0 Å². The first-order valence-corrected chi connectivity index (χ1v) is 5.15. The van der Waals surface area contributed by atoms with Crippen LogP contribution in [0.3, 0.4) is 0 Å². The van der Waals surface area contributed by atoms with Crippen molar-refractivity contribution in [2.75, 3.05) is 26.9 Å². The Kier molecular flexibility index (Phi) is 5.55. The third-order valence-electron chi connectivity index (χ3n) is 1.99. The third kappa shape index (κ3) is 4.53. The van der Waals surface area contributed by atoms with Crippen molar-refractivity contribution in [1.29, 1.82) is 5.26 Å². The highest BCUT2D eigenvalue weighted by atomic mass is 16.5. The second-order valence-corrected chi connectivity index (χ2v) is 3.24. The lowest BCUT2D eigenvalue weighted by atomic mass is 10.2. The van der Waals surface area contributed by atoms with Crippen LogP contribution in [0.4, 0.5) is 0 Å².